The molecule has 0 atom stereocenters. The lowest BCUT2D eigenvalue weighted by Gasteiger charge is -2.04. The zero-order valence-corrected chi connectivity index (χ0v) is 8.90. The molecule has 0 aliphatic rings. The molecule has 2 amide bonds. The maximum atomic E-state index is 11.4. The third-order valence-corrected chi connectivity index (χ3v) is 1.82. The van der Waals surface area contributed by atoms with Crippen molar-refractivity contribution < 1.29 is 9.59 Å². The Morgan fingerprint density at radius 1 is 1.19 bits per heavy atom. The molecule has 0 bridgehead atoms. The summed E-state index contributed by atoms with van der Waals surface area (Å²) in [6.07, 6.45) is 1.38. The SMILES string of the molecule is C=CCNC(=O)CC(=O)Nc1ccccc1. The van der Waals surface area contributed by atoms with E-state index in [1.807, 2.05) is 18.2 Å². The van der Waals surface area contributed by atoms with Crippen LogP contribution in [-0.2, 0) is 9.59 Å². The van der Waals surface area contributed by atoms with E-state index in [2.05, 4.69) is 17.2 Å². The number of nitrogens with one attached hydrogen (secondary N) is 2. The molecule has 0 aliphatic heterocycles. The van der Waals surface area contributed by atoms with E-state index in [0.717, 1.165) is 0 Å². The summed E-state index contributed by atoms with van der Waals surface area (Å²) in [6, 6.07) is 9.01. The predicted octanol–water partition coefficient (Wildman–Crippen LogP) is 1.32. The van der Waals surface area contributed by atoms with Crippen LogP contribution in [0.15, 0.2) is 43.0 Å². The van der Waals surface area contributed by atoms with Gasteiger partial charge in [-0.15, -0.1) is 6.58 Å². The van der Waals surface area contributed by atoms with Gasteiger partial charge in [0, 0.05) is 12.2 Å². The average Bonchev–Trinajstić information content (AvgIpc) is 2.27. The van der Waals surface area contributed by atoms with Crippen molar-refractivity contribution in [2.24, 2.45) is 0 Å². The van der Waals surface area contributed by atoms with Crippen LogP contribution in [0.2, 0.25) is 0 Å². The van der Waals surface area contributed by atoms with Gasteiger partial charge in [0.25, 0.3) is 0 Å². The zero-order valence-electron chi connectivity index (χ0n) is 8.90. The number of rotatable bonds is 5. The van der Waals surface area contributed by atoms with Crippen molar-refractivity contribution in [3.8, 4) is 0 Å². The molecule has 0 spiro atoms. The van der Waals surface area contributed by atoms with E-state index in [9.17, 15) is 9.59 Å². The van der Waals surface area contributed by atoms with E-state index >= 15 is 0 Å². The van der Waals surface area contributed by atoms with Crippen molar-refractivity contribution in [1.29, 1.82) is 0 Å². The van der Waals surface area contributed by atoms with Crippen molar-refractivity contribution in [1.82, 2.24) is 5.32 Å². The average molecular weight is 218 g/mol. The number of para-hydroxylation sites is 1. The fourth-order valence-corrected chi connectivity index (χ4v) is 1.12. The van der Waals surface area contributed by atoms with Gasteiger partial charge in [-0.05, 0) is 12.1 Å². The molecule has 0 fully saturated rings. The third kappa shape index (κ3) is 4.41. The first kappa shape index (κ1) is 12.0. The Labute approximate surface area is 94.4 Å². The minimum Gasteiger partial charge on any atom is -0.352 e. The Kier molecular flexibility index (Phi) is 4.79. The van der Waals surface area contributed by atoms with Crippen LogP contribution in [0.5, 0.6) is 0 Å². The van der Waals surface area contributed by atoms with E-state index in [0.29, 0.717) is 12.2 Å². The van der Waals surface area contributed by atoms with Gasteiger partial charge in [-0.1, -0.05) is 24.3 Å². The second kappa shape index (κ2) is 6.40. The highest BCUT2D eigenvalue weighted by Crippen LogP contribution is 2.04. The Balaban J connectivity index is 2.36. The number of amides is 2. The van der Waals surface area contributed by atoms with Gasteiger partial charge in [0.15, 0.2) is 0 Å². The lowest BCUT2D eigenvalue weighted by molar-refractivity contribution is -0.126. The molecular formula is C12H14N2O2. The van der Waals surface area contributed by atoms with Gasteiger partial charge in [-0.25, -0.2) is 0 Å². The summed E-state index contributed by atoms with van der Waals surface area (Å²) < 4.78 is 0. The minimum atomic E-state index is -0.326. The highest BCUT2D eigenvalue weighted by atomic mass is 16.2. The number of benzene rings is 1. The van der Waals surface area contributed by atoms with Crippen LogP contribution in [0.25, 0.3) is 0 Å². The second-order valence-corrected chi connectivity index (χ2v) is 3.18. The standard InChI is InChI=1S/C12H14N2O2/c1-2-8-13-11(15)9-12(16)14-10-6-4-3-5-7-10/h2-7H,1,8-9H2,(H,13,15)(H,14,16). The minimum absolute atomic E-state index is 0.178. The Hall–Kier alpha value is -2.10. The highest BCUT2D eigenvalue weighted by molar-refractivity contribution is 6.03. The summed E-state index contributed by atoms with van der Waals surface area (Å²) in [5.41, 5.74) is 0.684. The van der Waals surface area contributed by atoms with E-state index in [1.54, 1.807) is 18.2 Å². The fraction of sp³-hybridized carbons (Fsp3) is 0.167. The fourth-order valence-electron chi connectivity index (χ4n) is 1.12. The van der Waals surface area contributed by atoms with Crippen molar-refractivity contribution in [2.45, 2.75) is 6.42 Å². The Morgan fingerprint density at radius 2 is 1.88 bits per heavy atom. The first-order chi connectivity index (χ1) is 7.72. The van der Waals surface area contributed by atoms with Crippen LogP contribution in [0, 0.1) is 0 Å². The molecule has 1 rings (SSSR count). The molecule has 0 aliphatic carbocycles. The van der Waals surface area contributed by atoms with Crippen molar-refractivity contribution >= 4 is 17.5 Å². The van der Waals surface area contributed by atoms with Crippen molar-refractivity contribution in [3.63, 3.8) is 0 Å². The van der Waals surface area contributed by atoms with E-state index < -0.39 is 0 Å². The van der Waals surface area contributed by atoms with E-state index in [1.165, 1.54) is 0 Å². The van der Waals surface area contributed by atoms with Gasteiger partial charge < -0.3 is 10.6 Å². The van der Waals surface area contributed by atoms with Gasteiger partial charge in [0.1, 0.15) is 6.42 Å². The van der Waals surface area contributed by atoms with E-state index in [-0.39, 0.29) is 18.2 Å². The van der Waals surface area contributed by atoms with Gasteiger partial charge in [-0.3, -0.25) is 9.59 Å². The quantitative estimate of drug-likeness (QED) is 0.578. The molecule has 1 aromatic carbocycles. The van der Waals surface area contributed by atoms with Gasteiger partial charge in [0.2, 0.25) is 11.8 Å². The number of anilines is 1. The summed E-state index contributed by atoms with van der Waals surface area (Å²) in [5.74, 6) is -0.638. The van der Waals surface area contributed by atoms with Crippen LogP contribution < -0.4 is 10.6 Å². The van der Waals surface area contributed by atoms with Crippen LogP contribution >= 0.6 is 0 Å². The lowest BCUT2D eigenvalue weighted by Crippen LogP contribution is -2.28. The lowest BCUT2D eigenvalue weighted by atomic mass is 10.3. The second-order valence-electron chi connectivity index (χ2n) is 3.18. The van der Waals surface area contributed by atoms with E-state index in [4.69, 9.17) is 0 Å². The molecule has 4 nitrogen and oxygen atoms in total. The Morgan fingerprint density at radius 3 is 2.50 bits per heavy atom. The van der Waals surface area contributed by atoms with Gasteiger partial charge >= 0.3 is 0 Å². The molecule has 4 heteroatoms. The normalized spacial score (nSPS) is 9.25. The van der Waals surface area contributed by atoms with Gasteiger partial charge in [-0.2, -0.15) is 0 Å². The molecule has 0 aromatic heterocycles. The van der Waals surface area contributed by atoms with Crippen molar-refractivity contribution in [2.75, 3.05) is 11.9 Å². The van der Waals surface area contributed by atoms with Gasteiger partial charge in [0.05, 0.1) is 0 Å². The number of carbonyl (C=O) groups is 2. The molecule has 0 heterocycles. The summed E-state index contributed by atoms with van der Waals surface area (Å²) in [7, 11) is 0. The monoisotopic (exact) mass is 218 g/mol. The molecule has 0 saturated heterocycles. The summed E-state index contributed by atoms with van der Waals surface area (Å²) >= 11 is 0. The maximum absolute atomic E-state index is 11.4. The molecule has 2 N–H and O–H groups in total. The Bertz CT molecular complexity index is 374. The molecule has 16 heavy (non-hydrogen) atoms. The van der Waals surface area contributed by atoms with Crippen LogP contribution in [0.3, 0.4) is 0 Å². The molecular weight excluding hydrogens is 204 g/mol. The predicted molar refractivity (Wildman–Crippen MR) is 62.9 cm³/mol. The first-order valence-corrected chi connectivity index (χ1v) is 4.95. The summed E-state index contributed by atoms with van der Waals surface area (Å²) in [6.45, 7) is 3.84. The summed E-state index contributed by atoms with van der Waals surface area (Å²) in [4.78, 5) is 22.6. The van der Waals surface area contributed by atoms with Crippen LogP contribution in [0.1, 0.15) is 6.42 Å². The largest absolute Gasteiger partial charge is 0.352 e. The molecule has 0 saturated carbocycles. The third-order valence-electron chi connectivity index (χ3n) is 1.82. The van der Waals surface area contributed by atoms with Crippen LogP contribution in [-0.4, -0.2) is 18.4 Å². The molecule has 0 radical (unpaired) electrons. The number of carbonyl (C=O) groups excluding carboxylic acids is 2. The molecule has 1 aromatic rings. The summed E-state index contributed by atoms with van der Waals surface area (Å²) in [5, 5.41) is 5.15. The highest BCUT2D eigenvalue weighted by Gasteiger charge is 2.07. The van der Waals surface area contributed by atoms with Crippen molar-refractivity contribution in [3.05, 3.63) is 43.0 Å². The maximum Gasteiger partial charge on any atom is 0.233 e. The topological polar surface area (TPSA) is 58.2 Å². The molecule has 84 valence electrons. The zero-order chi connectivity index (χ0) is 11.8. The molecule has 0 unspecified atom stereocenters. The number of hydrogen-bond donors (Lipinski definition) is 2. The number of hydrogen-bond acceptors (Lipinski definition) is 2. The van der Waals surface area contributed by atoms with Crippen LogP contribution in [0.4, 0.5) is 5.69 Å². The first-order valence-electron chi connectivity index (χ1n) is 4.95. The smallest absolute Gasteiger partial charge is 0.233 e.